The number of hydrogen-bond donors (Lipinski definition) is 1. The molecule has 0 amide bonds. The van der Waals surface area contributed by atoms with Gasteiger partial charge in [0.1, 0.15) is 12.4 Å². The van der Waals surface area contributed by atoms with Crippen molar-refractivity contribution < 1.29 is 4.74 Å². The Bertz CT molecular complexity index is 300. The van der Waals surface area contributed by atoms with E-state index in [1.54, 1.807) is 0 Å². The van der Waals surface area contributed by atoms with Crippen molar-refractivity contribution in [3.8, 4) is 5.75 Å². The number of benzene rings is 1. The van der Waals surface area contributed by atoms with Gasteiger partial charge in [0, 0.05) is 6.54 Å². The van der Waals surface area contributed by atoms with Crippen molar-refractivity contribution in [3.63, 3.8) is 0 Å². The van der Waals surface area contributed by atoms with E-state index in [-0.39, 0.29) is 0 Å². The molecule has 1 rings (SSSR count). The molecule has 0 aliphatic rings. The molecule has 0 spiro atoms. The van der Waals surface area contributed by atoms with E-state index >= 15 is 0 Å². The monoisotopic (exact) mass is 222 g/mol. The molecular formula is C13H22N2O. The second-order valence-electron chi connectivity index (χ2n) is 4.15. The highest BCUT2D eigenvalue weighted by Gasteiger charge is 2.02. The van der Waals surface area contributed by atoms with Crippen LogP contribution >= 0.6 is 0 Å². The summed E-state index contributed by atoms with van der Waals surface area (Å²) in [6, 6.07) is 8.20. The number of aryl methyl sites for hydroxylation is 1. The minimum absolute atomic E-state index is 0.728. The maximum Gasteiger partial charge on any atom is 0.122 e. The van der Waals surface area contributed by atoms with Gasteiger partial charge in [0.2, 0.25) is 0 Å². The van der Waals surface area contributed by atoms with Crippen molar-refractivity contribution in [2.75, 3.05) is 33.8 Å². The molecule has 0 aliphatic carbocycles. The lowest BCUT2D eigenvalue weighted by Gasteiger charge is -2.13. The molecule has 0 bridgehead atoms. The number of para-hydroxylation sites is 1. The van der Waals surface area contributed by atoms with Gasteiger partial charge in [-0.15, -0.1) is 0 Å². The third kappa shape index (κ3) is 4.64. The van der Waals surface area contributed by atoms with Crippen molar-refractivity contribution in [1.29, 1.82) is 0 Å². The predicted octanol–water partition coefficient (Wildman–Crippen LogP) is 1.52. The quantitative estimate of drug-likeness (QED) is 0.760. The Balaban J connectivity index is 2.49. The van der Waals surface area contributed by atoms with E-state index in [0.717, 1.165) is 38.3 Å². The Morgan fingerprint density at radius 2 is 2.00 bits per heavy atom. The summed E-state index contributed by atoms with van der Waals surface area (Å²) in [5.74, 6) is 0.998. The Kier molecular flexibility index (Phi) is 5.90. The first-order chi connectivity index (χ1) is 7.74. The predicted molar refractivity (Wildman–Crippen MR) is 67.9 cm³/mol. The van der Waals surface area contributed by atoms with Gasteiger partial charge in [-0.3, -0.25) is 0 Å². The number of likely N-dealkylation sites (N-methyl/N-ethyl adjacent to an activating group) is 1. The summed E-state index contributed by atoms with van der Waals surface area (Å²) < 4.78 is 5.76. The maximum absolute atomic E-state index is 5.76. The van der Waals surface area contributed by atoms with Gasteiger partial charge in [-0.2, -0.15) is 0 Å². The molecule has 2 N–H and O–H groups in total. The highest BCUT2D eigenvalue weighted by atomic mass is 16.5. The number of rotatable bonds is 7. The Hall–Kier alpha value is -1.06. The first-order valence-electron chi connectivity index (χ1n) is 5.79. The summed E-state index contributed by atoms with van der Waals surface area (Å²) in [6.45, 7) is 2.39. The lowest BCUT2D eigenvalue weighted by atomic mass is 10.1. The van der Waals surface area contributed by atoms with Crippen LogP contribution in [0.1, 0.15) is 12.0 Å². The van der Waals surface area contributed by atoms with E-state index in [0.29, 0.717) is 0 Å². The molecular weight excluding hydrogens is 200 g/mol. The molecule has 0 atom stereocenters. The van der Waals surface area contributed by atoms with Crippen LogP contribution in [0.4, 0.5) is 0 Å². The fourth-order valence-corrected chi connectivity index (χ4v) is 1.48. The van der Waals surface area contributed by atoms with Crippen LogP contribution in [0.3, 0.4) is 0 Å². The molecule has 0 heterocycles. The summed E-state index contributed by atoms with van der Waals surface area (Å²) >= 11 is 0. The molecule has 90 valence electrons. The van der Waals surface area contributed by atoms with Crippen LogP contribution in [0, 0.1) is 0 Å². The van der Waals surface area contributed by atoms with Gasteiger partial charge in [0.15, 0.2) is 0 Å². The van der Waals surface area contributed by atoms with Gasteiger partial charge in [-0.25, -0.2) is 0 Å². The number of hydrogen-bond acceptors (Lipinski definition) is 3. The van der Waals surface area contributed by atoms with Crippen molar-refractivity contribution >= 4 is 0 Å². The molecule has 0 saturated heterocycles. The minimum Gasteiger partial charge on any atom is -0.492 e. The van der Waals surface area contributed by atoms with E-state index in [2.05, 4.69) is 11.0 Å². The Labute approximate surface area is 98.2 Å². The van der Waals surface area contributed by atoms with Crippen molar-refractivity contribution in [2.24, 2.45) is 5.73 Å². The molecule has 16 heavy (non-hydrogen) atoms. The maximum atomic E-state index is 5.76. The normalized spacial score (nSPS) is 10.8. The zero-order valence-electron chi connectivity index (χ0n) is 10.3. The van der Waals surface area contributed by atoms with E-state index < -0.39 is 0 Å². The van der Waals surface area contributed by atoms with E-state index in [9.17, 15) is 0 Å². The van der Waals surface area contributed by atoms with Gasteiger partial charge < -0.3 is 15.4 Å². The number of nitrogens with zero attached hydrogens (tertiary/aromatic N) is 1. The second kappa shape index (κ2) is 7.25. The zero-order valence-corrected chi connectivity index (χ0v) is 10.3. The second-order valence-corrected chi connectivity index (χ2v) is 4.15. The number of nitrogens with two attached hydrogens (primary N) is 1. The van der Waals surface area contributed by atoms with Gasteiger partial charge in [0.05, 0.1) is 0 Å². The average molecular weight is 222 g/mol. The lowest BCUT2D eigenvalue weighted by molar-refractivity contribution is 0.259. The third-order valence-corrected chi connectivity index (χ3v) is 2.42. The Morgan fingerprint density at radius 3 is 2.69 bits per heavy atom. The summed E-state index contributed by atoms with van der Waals surface area (Å²) in [4.78, 5) is 2.11. The van der Waals surface area contributed by atoms with Gasteiger partial charge in [-0.05, 0) is 45.1 Å². The highest BCUT2D eigenvalue weighted by Crippen LogP contribution is 2.19. The van der Waals surface area contributed by atoms with Crippen LogP contribution in [-0.2, 0) is 6.42 Å². The van der Waals surface area contributed by atoms with E-state index in [1.165, 1.54) is 5.56 Å². The molecule has 1 aromatic rings. The van der Waals surface area contributed by atoms with E-state index in [1.807, 2.05) is 32.3 Å². The van der Waals surface area contributed by atoms with Gasteiger partial charge in [-0.1, -0.05) is 18.2 Å². The first-order valence-corrected chi connectivity index (χ1v) is 5.79. The molecule has 3 nitrogen and oxygen atoms in total. The lowest BCUT2D eigenvalue weighted by Crippen LogP contribution is -2.19. The van der Waals surface area contributed by atoms with Crippen LogP contribution in [0.15, 0.2) is 24.3 Å². The van der Waals surface area contributed by atoms with Crippen molar-refractivity contribution in [1.82, 2.24) is 4.90 Å². The highest BCUT2D eigenvalue weighted by molar-refractivity contribution is 5.33. The van der Waals surface area contributed by atoms with E-state index in [4.69, 9.17) is 10.5 Å². The zero-order chi connectivity index (χ0) is 11.8. The summed E-state index contributed by atoms with van der Waals surface area (Å²) in [5, 5.41) is 0. The molecule has 1 aromatic carbocycles. The third-order valence-electron chi connectivity index (χ3n) is 2.42. The molecule has 0 radical (unpaired) electrons. The minimum atomic E-state index is 0.728. The van der Waals surface area contributed by atoms with Crippen molar-refractivity contribution in [3.05, 3.63) is 29.8 Å². The molecule has 3 heteroatoms. The molecule has 0 saturated carbocycles. The molecule has 0 fully saturated rings. The fraction of sp³-hybridized carbons (Fsp3) is 0.538. The van der Waals surface area contributed by atoms with Crippen LogP contribution < -0.4 is 10.5 Å². The fourth-order valence-electron chi connectivity index (χ4n) is 1.48. The summed E-state index contributed by atoms with van der Waals surface area (Å²) in [6.07, 6.45) is 2.00. The average Bonchev–Trinajstić information content (AvgIpc) is 2.27. The first kappa shape index (κ1) is 13.0. The largest absolute Gasteiger partial charge is 0.492 e. The topological polar surface area (TPSA) is 38.5 Å². The molecule has 0 aliphatic heterocycles. The van der Waals surface area contributed by atoms with Crippen LogP contribution in [0.5, 0.6) is 5.75 Å². The van der Waals surface area contributed by atoms with Crippen LogP contribution in [-0.4, -0.2) is 38.7 Å². The van der Waals surface area contributed by atoms with Crippen LogP contribution in [0.2, 0.25) is 0 Å². The van der Waals surface area contributed by atoms with Crippen LogP contribution in [0.25, 0.3) is 0 Å². The smallest absolute Gasteiger partial charge is 0.122 e. The van der Waals surface area contributed by atoms with Gasteiger partial charge >= 0.3 is 0 Å². The Morgan fingerprint density at radius 1 is 1.25 bits per heavy atom. The molecule has 0 unspecified atom stereocenters. The number of ether oxygens (including phenoxy) is 1. The molecule has 0 aromatic heterocycles. The SMILES string of the molecule is CN(C)CCOc1ccccc1CCCN. The summed E-state index contributed by atoms with van der Waals surface area (Å²) in [7, 11) is 4.09. The van der Waals surface area contributed by atoms with Gasteiger partial charge in [0.25, 0.3) is 0 Å². The van der Waals surface area contributed by atoms with Crippen molar-refractivity contribution in [2.45, 2.75) is 12.8 Å². The summed E-state index contributed by atoms with van der Waals surface area (Å²) in [5.41, 5.74) is 6.78. The standard InChI is InChI=1S/C13H22N2O/c1-15(2)10-11-16-13-8-4-3-6-12(13)7-5-9-14/h3-4,6,8H,5,7,9-11,14H2,1-2H3.